The van der Waals surface area contributed by atoms with Gasteiger partial charge < -0.3 is 10.6 Å². The average molecular weight is 354 g/mol. The molecule has 2 amide bonds. The first-order chi connectivity index (χ1) is 12.1. The summed E-state index contributed by atoms with van der Waals surface area (Å²) in [6, 6.07) is 16.1. The molecule has 1 aliphatic carbocycles. The number of hydrogen-bond acceptors (Lipinski definition) is 3. The lowest BCUT2D eigenvalue weighted by molar-refractivity contribution is -0.125. The summed E-state index contributed by atoms with van der Waals surface area (Å²) in [5.74, 6) is -1.09. The third-order valence-electron chi connectivity index (χ3n) is 4.18. The van der Waals surface area contributed by atoms with Gasteiger partial charge in [-0.1, -0.05) is 41.9 Å². The number of halogens is 1. The van der Waals surface area contributed by atoms with Crippen LogP contribution in [0.25, 0.3) is 0 Å². The molecule has 1 saturated carbocycles. The summed E-state index contributed by atoms with van der Waals surface area (Å²) in [5, 5.41) is 15.2. The van der Waals surface area contributed by atoms with E-state index in [1.807, 2.05) is 24.3 Å². The SMILES string of the molecule is N#Cc1ccccc1NC(=O)C1CC1C(=O)NCc1ccccc1Cl. The number of para-hydroxylation sites is 1. The first-order valence-electron chi connectivity index (χ1n) is 7.91. The number of carbonyl (C=O) groups excluding carboxylic acids is 2. The van der Waals surface area contributed by atoms with E-state index in [0.717, 1.165) is 5.56 Å². The van der Waals surface area contributed by atoms with Gasteiger partial charge in [-0.15, -0.1) is 0 Å². The quantitative estimate of drug-likeness (QED) is 0.866. The molecule has 2 aromatic carbocycles. The largest absolute Gasteiger partial charge is 0.352 e. The van der Waals surface area contributed by atoms with Gasteiger partial charge in [-0.05, 0) is 30.2 Å². The van der Waals surface area contributed by atoms with E-state index in [1.54, 1.807) is 30.3 Å². The van der Waals surface area contributed by atoms with Crippen molar-refractivity contribution in [3.05, 3.63) is 64.7 Å². The Morgan fingerprint density at radius 3 is 2.52 bits per heavy atom. The molecule has 0 spiro atoms. The number of nitrogens with one attached hydrogen (secondary N) is 2. The van der Waals surface area contributed by atoms with Crippen LogP contribution in [0.15, 0.2) is 48.5 Å². The number of rotatable bonds is 5. The van der Waals surface area contributed by atoms with Crippen LogP contribution in [-0.2, 0) is 16.1 Å². The molecule has 0 heterocycles. The molecule has 2 N–H and O–H groups in total. The summed E-state index contributed by atoms with van der Waals surface area (Å²) in [7, 11) is 0. The highest BCUT2D eigenvalue weighted by molar-refractivity contribution is 6.31. The second kappa shape index (κ2) is 7.37. The van der Waals surface area contributed by atoms with Gasteiger partial charge in [0.05, 0.1) is 23.1 Å². The Morgan fingerprint density at radius 2 is 1.76 bits per heavy atom. The molecule has 0 aromatic heterocycles. The highest BCUT2D eigenvalue weighted by atomic mass is 35.5. The van der Waals surface area contributed by atoms with Gasteiger partial charge in [0.25, 0.3) is 0 Å². The van der Waals surface area contributed by atoms with Gasteiger partial charge in [0.2, 0.25) is 11.8 Å². The van der Waals surface area contributed by atoms with Crippen LogP contribution >= 0.6 is 11.6 Å². The highest BCUT2D eigenvalue weighted by Gasteiger charge is 2.48. The summed E-state index contributed by atoms with van der Waals surface area (Å²) in [6.45, 7) is 0.334. The van der Waals surface area contributed by atoms with Gasteiger partial charge in [-0.25, -0.2) is 0 Å². The van der Waals surface area contributed by atoms with Gasteiger partial charge in [0, 0.05) is 11.6 Å². The van der Waals surface area contributed by atoms with Crippen molar-refractivity contribution in [3.8, 4) is 6.07 Å². The zero-order valence-corrected chi connectivity index (χ0v) is 14.1. The van der Waals surface area contributed by atoms with Gasteiger partial charge >= 0.3 is 0 Å². The van der Waals surface area contributed by atoms with Crippen LogP contribution in [0, 0.1) is 23.2 Å². The molecule has 0 radical (unpaired) electrons. The van der Waals surface area contributed by atoms with E-state index in [0.29, 0.717) is 29.2 Å². The van der Waals surface area contributed by atoms with Gasteiger partial charge in [-0.3, -0.25) is 9.59 Å². The lowest BCUT2D eigenvalue weighted by Gasteiger charge is -2.08. The summed E-state index contributed by atoms with van der Waals surface area (Å²) < 4.78 is 0. The molecule has 2 aromatic rings. The predicted molar refractivity (Wildman–Crippen MR) is 94.7 cm³/mol. The number of nitrogens with zero attached hydrogens (tertiary/aromatic N) is 1. The molecule has 3 rings (SSSR count). The summed E-state index contributed by atoms with van der Waals surface area (Å²) in [4.78, 5) is 24.5. The smallest absolute Gasteiger partial charge is 0.228 e. The Labute approximate surface area is 150 Å². The molecule has 1 fully saturated rings. The fourth-order valence-corrected chi connectivity index (χ4v) is 2.85. The van der Waals surface area contributed by atoms with Crippen molar-refractivity contribution in [2.24, 2.45) is 11.8 Å². The Balaban J connectivity index is 1.53. The summed E-state index contributed by atoms with van der Waals surface area (Å²) in [5.41, 5.74) is 1.70. The number of anilines is 1. The zero-order chi connectivity index (χ0) is 17.8. The Hall–Kier alpha value is -2.84. The minimum Gasteiger partial charge on any atom is -0.352 e. The average Bonchev–Trinajstić information content (AvgIpc) is 3.42. The van der Waals surface area contributed by atoms with E-state index >= 15 is 0 Å². The van der Waals surface area contributed by atoms with E-state index in [4.69, 9.17) is 16.9 Å². The molecule has 0 saturated heterocycles. The normalized spacial score (nSPS) is 18.1. The minimum atomic E-state index is -0.363. The monoisotopic (exact) mass is 353 g/mol. The lowest BCUT2D eigenvalue weighted by Crippen LogP contribution is -2.27. The Kier molecular flexibility index (Phi) is 5.01. The second-order valence-electron chi connectivity index (χ2n) is 5.90. The van der Waals surface area contributed by atoms with Crippen LogP contribution in [0.3, 0.4) is 0 Å². The standard InChI is InChI=1S/C19H16ClN3O2/c20-16-7-3-1-6-13(16)11-22-18(24)14-9-15(14)19(25)23-17-8-4-2-5-12(17)10-21/h1-8,14-15H,9,11H2,(H,22,24)(H,23,25). The van der Waals surface area contributed by atoms with Gasteiger partial charge in [0.1, 0.15) is 6.07 Å². The van der Waals surface area contributed by atoms with E-state index in [-0.39, 0.29) is 23.7 Å². The zero-order valence-electron chi connectivity index (χ0n) is 13.3. The topological polar surface area (TPSA) is 82.0 Å². The maximum atomic E-state index is 12.3. The number of carbonyl (C=O) groups is 2. The van der Waals surface area contributed by atoms with Crippen molar-refractivity contribution in [2.75, 3.05) is 5.32 Å². The van der Waals surface area contributed by atoms with E-state index in [9.17, 15) is 9.59 Å². The molecule has 2 atom stereocenters. The number of hydrogen-bond donors (Lipinski definition) is 2. The highest BCUT2D eigenvalue weighted by Crippen LogP contribution is 2.39. The van der Waals surface area contributed by atoms with Crippen molar-refractivity contribution in [1.82, 2.24) is 5.32 Å². The molecule has 2 unspecified atom stereocenters. The van der Waals surface area contributed by atoms with Crippen LogP contribution in [0.5, 0.6) is 0 Å². The van der Waals surface area contributed by atoms with Crippen molar-refractivity contribution < 1.29 is 9.59 Å². The van der Waals surface area contributed by atoms with Crippen LogP contribution in [0.4, 0.5) is 5.69 Å². The minimum absolute atomic E-state index is 0.159. The third-order valence-corrected chi connectivity index (χ3v) is 4.55. The molecule has 6 heteroatoms. The van der Waals surface area contributed by atoms with E-state index < -0.39 is 0 Å². The summed E-state index contributed by atoms with van der Waals surface area (Å²) in [6.07, 6.45) is 0.509. The van der Waals surface area contributed by atoms with Crippen molar-refractivity contribution in [1.29, 1.82) is 5.26 Å². The van der Waals surface area contributed by atoms with Gasteiger partial charge in [0.15, 0.2) is 0 Å². The van der Waals surface area contributed by atoms with Gasteiger partial charge in [-0.2, -0.15) is 5.26 Å². The lowest BCUT2D eigenvalue weighted by atomic mass is 10.2. The van der Waals surface area contributed by atoms with Crippen molar-refractivity contribution >= 4 is 29.1 Å². The molecule has 5 nitrogen and oxygen atoms in total. The molecular formula is C19H16ClN3O2. The maximum Gasteiger partial charge on any atom is 0.228 e. The van der Waals surface area contributed by atoms with E-state index in [2.05, 4.69) is 10.6 Å². The molecular weight excluding hydrogens is 338 g/mol. The van der Waals surface area contributed by atoms with Crippen molar-refractivity contribution in [3.63, 3.8) is 0 Å². The molecule has 0 aliphatic heterocycles. The predicted octanol–water partition coefficient (Wildman–Crippen LogP) is 3.10. The molecule has 25 heavy (non-hydrogen) atoms. The van der Waals surface area contributed by atoms with Crippen LogP contribution in [0.2, 0.25) is 5.02 Å². The fourth-order valence-electron chi connectivity index (χ4n) is 2.64. The Morgan fingerprint density at radius 1 is 1.08 bits per heavy atom. The first kappa shape index (κ1) is 17.0. The fraction of sp³-hybridized carbons (Fsp3) is 0.211. The molecule has 126 valence electrons. The van der Waals surface area contributed by atoms with Crippen LogP contribution in [-0.4, -0.2) is 11.8 Å². The molecule has 0 bridgehead atoms. The van der Waals surface area contributed by atoms with Crippen molar-refractivity contribution in [2.45, 2.75) is 13.0 Å². The maximum absolute atomic E-state index is 12.3. The third kappa shape index (κ3) is 3.98. The summed E-state index contributed by atoms with van der Waals surface area (Å²) >= 11 is 6.06. The number of benzene rings is 2. The Bertz CT molecular complexity index is 860. The number of amides is 2. The van der Waals surface area contributed by atoms with Crippen LogP contribution < -0.4 is 10.6 Å². The molecule has 1 aliphatic rings. The van der Waals surface area contributed by atoms with Crippen LogP contribution in [0.1, 0.15) is 17.5 Å². The first-order valence-corrected chi connectivity index (χ1v) is 8.29. The van der Waals surface area contributed by atoms with E-state index in [1.165, 1.54) is 0 Å². The number of nitriles is 1. The second-order valence-corrected chi connectivity index (χ2v) is 6.31.